The average molecular weight is 419 g/mol. The predicted octanol–water partition coefficient (Wildman–Crippen LogP) is 3.44. The summed E-state index contributed by atoms with van der Waals surface area (Å²) in [6.45, 7) is 9.17. The zero-order valence-corrected chi connectivity index (χ0v) is 18.4. The van der Waals surface area contributed by atoms with E-state index in [0.29, 0.717) is 36.9 Å². The Morgan fingerprint density at radius 3 is 2.34 bits per heavy atom. The molecule has 0 bridgehead atoms. The molecule has 1 amide bonds. The standard InChI is InChI=1S/C21H30N4O3S/c1-15(2)18-7-9-19(10-8-18)22-20(26)11-14-25-17(4)21(16(3)23-25)29(27,28)24-12-5-6-13-24/h7-10,15H,5-6,11-14H2,1-4H3,(H,22,26). The minimum absolute atomic E-state index is 0.126. The van der Waals surface area contributed by atoms with E-state index in [1.165, 1.54) is 9.87 Å². The molecule has 0 radical (unpaired) electrons. The molecule has 1 aliphatic rings. The molecule has 8 heteroatoms. The van der Waals surface area contributed by atoms with Gasteiger partial charge in [0.2, 0.25) is 15.9 Å². The van der Waals surface area contributed by atoms with Gasteiger partial charge in [0.1, 0.15) is 4.90 Å². The van der Waals surface area contributed by atoms with E-state index in [1.807, 2.05) is 24.3 Å². The first kappa shape index (κ1) is 21.5. The van der Waals surface area contributed by atoms with Crippen molar-refractivity contribution in [1.82, 2.24) is 14.1 Å². The Balaban J connectivity index is 1.66. The van der Waals surface area contributed by atoms with Crippen molar-refractivity contribution in [1.29, 1.82) is 0 Å². The number of carbonyl (C=O) groups is 1. The second-order valence-corrected chi connectivity index (χ2v) is 9.78. The minimum atomic E-state index is -3.53. The van der Waals surface area contributed by atoms with E-state index in [9.17, 15) is 13.2 Å². The van der Waals surface area contributed by atoms with Crippen molar-refractivity contribution in [2.45, 2.75) is 64.3 Å². The first-order valence-corrected chi connectivity index (χ1v) is 11.6. The lowest BCUT2D eigenvalue weighted by Crippen LogP contribution is -2.28. The van der Waals surface area contributed by atoms with Gasteiger partial charge >= 0.3 is 0 Å². The highest BCUT2D eigenvalue weighted by atomic mass is 32.2. The first-order valence-electron chi connectivity index (χ1n) is 10.1. The molecule has 0 aliphatic carbocycles. The lowest BCUT2D eigenvalue weighted by Gasteiger charge is -2.15. The van der Waals surface area contributed by atoms with Gasteiger partial charge in [-0.05, 0) is 50.3 Å². The number of aryl methyl sites for hydroxylation is 2. The van der Waals surface area contributed by atoms with Crippen LogP contribution in [0.3, 0.4) is 0 Å². The van der Waals surface area contributed by atoms with Crippen molar-refractivity contribution >= 4 is 21.6 Å². The predicted molar refractivity (Wildman–Crippen MR) is 113 cm³/mol. The van der Waals surface area contributed by atoms with Crippen LogP contribution >= 0.6 is 0 Å². The Kier molecular flexibility index (Phi) is 6.43. The summed E-state index contributed by atoms with van der Waals surface area (Å²) in [4.78, 5) is 12.6. The summed E-state index contributed by atoms with van der Waals surface area (Å²) in [5, 5.41) is 7.28. The third kappa shape index (κ3) is 4.70. The number of anilines is 1. The molecule has 2 aromatic rings. The van der Waals surface area contributed by atoms with Crippen LogP contribution in [0.5, 0.6) is 0 Å². The molecule has 2 heterocycles. The van der Waals surface area contributed by atoms with Crippen LogP contribution in [0.1, 0.15) is 56.0 Å². The van der Waals surface area contributed by atoms with Gasteiger partial charge in [-0.15, -0.1) is 0 Å². The maximum atomic E-state index is 12.9. The smallest absolute Gasteiger partial charge is 0.246 e. The molecular formula is C21H30N4O3S. The highest BCUT2D eigenvalue weighted by Crippen LogP contribution is 2.26. The molecule has 158 valence electrons. The van der Waals surface area contributed by atoms with Crippen LogP contribution in [0.25, 0.3) is 0 Å². The number of sulfonamides is 1. The van der Waals surface area contributed by atoms with Crippen LogP contribution in [0.2, 0.25) is 0 Å². The van der Waals surface area contributed by atoms with Crippen LogP contribution in [0.15, 0.2) is 29.2 Å². The Bertz CT molecular complexity index is 972. The monoisotopic (exact) mass is 418 g/mol. The summed E-state index contributed by atoms with van der Waals surface area (Å²) >= 11 is 0. The van der Waals surface area contributed by atoms with Crippen LogP contribution in [0, 0.1) is 13.8 Å². The number of rotatable bonds is 7. The molecule has 1 saturated heterocycles. The molecule has 1 fully saturated rings. The third-order valence-electron chi connectivity index (χ3n) is 5.39. The van der Waals surface area contributed by atoms with E-state index in [-0.39, 0.29) is 17.2 Å². The lowest BCUT2D eigenvalue weighted by molar-refractivity contribution is -0.116. The molecule has 7 nitrogen and oxygen atoms in total. The fourth-order valence-electron chi connectivity index (χ4n) is 3.71. The van der Waals surface area contributed by atoms with E-state index in [2.05, 4.69) is 24.3 Å². The summed E-state index contributed by atoms with van der Waals surface area (Å²) in [6, 6.07) is 7.82. The molecule has 1 aromatic heterocycles. The molecule has 0 atom stereocenters. The van der Waals surface area contributed by atoms with Gasteiger partial charge in [0.05, 0.1) is 17.9 Å². The zero-order chi connectivity index (χ0) is 21.2. The summed E-state index contributed by atoms with van der Waals surface area (Å²) in [5.41, 5.74) is 3.05. The van der Waals surface area contributed by atoms with Gasteiger partial charge in [-0.2, -0.15) is 9.40 Å². The number of nitrogens with one attached hydrogen (secondary N) is 1. The van der Waals surface area contributed by atoms with Crippen LogP contribution in [0.4, 0.5) is 5.69 Å². The maximum absolute atomic E-state index is 12.9. The van der Waals surface area contributed by atoms with Crippen molar-refractivity contribution in [3.8, 4) is 0 Å². The van der Waals surface area contributed by atoms with E-state index < -0.39 is 10.0 Å². The lowest BCUT2D eigenvalue weighted by atomic mass is 10.0. The highest BCUT2D eigenvalue weighted by Gasteiger charge is 2.32. The number of aromatic nitrogens is 2. The minimum Gasteiger partial charge on any atom is -0.326 e. The van der Waals surface area contributed by atoms with E-state index in [0.717, 1.165) is 18.5 Å². The van der Waals surface area contributed by atoms with Crippen molar-refractivity contribution in [2.24, 2.45) is 0 Å². The van der Waals surface area contributed by atoms with Gasteiger partial charge in [-0.3, -0.25) is 9.48 Å². The number of benzene rings is 1. The van der Waals surface area contributed by atoms with Gasteiger partial charge in [-0.1, -0.05) is 26.0 Å². The molecule has 1 aromatic carbocycles. The molecule has 3 rings (SSSR count). The summed E-state index contributed by atoms with van der Waals surface area (Å²) in [5.74, 6) is 0.315. The molecule has 1 N–H and O–H groups in total. The van der Waals surface area contributed by atoms with Crippen molar-refractivity contribution in [3.63, 3.8) is 0 Å². The molecule has 29 heavy (non-hydrogen) atoms. The summed E-state index contributed by atoms with van der Waals surface area (Å²) < 4.78 is 29.0. The van der Waals surface area contributed by atoms with Gasteiger partial charge in [0.25, 0.3) is 0 Å². The van der Waals surface area contributed by atoms with Crippen LogP contribution in [-0.4, -0.2) is 41.5 Å². The number of nitrogens with zero attached hydrogens (tertiary/aromatic N) is 3. The number of carbonyl (C=O) groups excluding carboxylic acids is 1. The molecule has 1 aliphatic heterocycles. The van der Waals surface area contributed by atoms with E-state index >= 15 is 0 Å². The SMILES string of the molecule is Cc1nn(CCC(=O)Nc2ccc(C(C)C)cc2)c(C)c1S(=O)(=O)N1CCCC1. The fraction of sp³-hybridized carbons (Fsp3) is 0.524. The third-order valence-corrected chi connectivity index (χ3v) is 7.54. The first-order chi connectivity index (χ1) is 13.7. The highest BCUT2D eigenvalue weighted by molar-refractivity contribution is 7.89. The normalized spacial score (nSPS) is 15.2. The Morgan fingerprint density at radius 1 is 1.14 bits per heavy atom. The van der Waals surface area contributed by atoms with Crippen molar-refractivity contribution in [3.05, 3.63) is 41.2 Å². The van der Waals surface area contributed by atoms with Gasteiger partial charge in [-0.25, -0.2) is 8.42 Å². The molecular weight excluding hydrogens is 388 g/mol. The second-order valence-electron chi connectivity index (χ2n) is 7.91. The topological polar surface area (TPSA) is 84.3 Å². The Morgan fingerprint density at radius 2 is 1.76 bits per heavy atom. The Labute approximate surface area is 173 Å². The number of amides is 1. The van der Waals surface area contributed by atoms with Gasteiger partial charge in [0.15, 0.2) is 0 Å². The van der Waals surface area contributed by atoms with Crippen molar-refractivity contribution < 1.29 is 13.2 Å². The van der Waals surface area contributed by atoms with Crippen LogP contribution < -0.4 is 5.32 Å². The second kappa shape index (κ2) is 8.67. The van der Waals surface area contributed by atoms with Gasteiger partial charge < -0.3 is 5.32 Å². The quantitative estimate of drug-likeness (QED) is 0.746. The number of hydrogen-bond donors (Lipinski definition) is 1. The zero-order valence-electron chi connectivity index (χ0n) is 17.6. The molecule has 0 unspecified atom stereocenters. The van der Waals surface area contributed by atoms with Crippen LogP contribution in [-0.2, 0) is 21.4 Å². The van der Waals surface area contributed by atoms with E-state index in [4.69, 9.17) is 0 Å². The van der Waals surface area contributed by atoms with E-state index in [1.54, 1.807) is 18.5 Å². The molecule has 0 saturated carbocycles. The Hall–Kier alpha value is -2.19. The summed E-state index contributed by atoms with van der Waals surface area (Å²) in [7, 11) is -3.53. The average Bonchev–Trinajstić information content (AvgIpc) is 3.29. The van der Waals surface area contributed by atoms with Crippen molar-refractivity contribution in [2.75, 3.05) is 18.4 Å². The van der Waals surface area contributed by atoms with Gasteiger partial charge in [0, 0.05) is 25.2 Å². The summed E-state index contributed by atoms with van der Waals surface area (Å²) in [6.07, 6.45) is 2.00. The fourth-order valence-corrected chi connectivity index (χ4v) is 5.60. The molecule has 0 spiro atoms. The largest absolute Gasteiger partial charge is 0.326 e. The number of hydrogen-bond acceptors (Lipinski definition) is 4. The maximum Gasteiger partial charge on any atom is 0.246 e.